The van der Waals surface area contributed by atoms with E-state index in [1.165, 1.54) is 0 Å². The van der Waals surface area contributed by atoms with Crippen molar-refractivity contribution in [2.24, 2.45) is 5.92 Å². The van der Waals surface area contributed by atoms with Crippen molar-refractivity contribution < 1.29 is 23.7 Å². The molecule has 2 N–H and O–H groups in total. The molecule has 0 amide bonds. The molecule has 2 aliphatic rings. The maximum Gasteiger partial charge on any atom is 0.238 e. The van der Waals surface area contributed by atoms with E-state index in [1.54, 1.807) is 19.3 Å². The Kier molecular flexibility index (Phi) is 6.43. The predicted octanol–water partition coefficient (Wildman–Crippen LogP) is 3.78. The van der Waals surface area contributed by atoms with Gasteiger partial charge in [-0.1, -0.05) is 6.92 Å². The van der Waals surface area contributed by atoms with Crippen LogP contribution in [-0.2, 0) is 6.42 Å². The fraction of sp³-hybridized carbons (Fsp3) is 0.682. The van der Waals surface area contributed by atoms with Gasteiger partial charge in [0.25, 0.3) is 0 Å². The van der Waals surface area contributed by atoms with Crippen molar-refractivity contribution in [3.05, 3.63) is 23.8 Å². The Morgan fingerprint density at radius 3 is 2.47 bits per heavy atom. The molecule has 2 aliphatic carbocycles. The molecular formula is C22H29F2N3O3. The molecule has 0 bridgehead atoms. The zero-order chi connectivity index (χ0) is 21.3. The van der Waals surface area contributed by atoms with Gasteiger partial charge in [0.2, 0.25) is 12.3 Å². The molecule has 6 nitrogen and oxygen atoms in total. The van der Waals surface area contributed by atoms with E-state index in [4.69, 9.17) is 9.72 Å². The number of aromatic nitrogens is 3. The van der Waals surface area contributed by atoms with Crippen LogP contribution in [0.5, 0.6) is 5.88 Å². The van der Waals surface area contributed by atoms with Gasteiger partial charge in [0.1, 0.15) is 11.9 Å². The van der Waals surface area contributed by atoms with Crippen LogP contribution in [0.25, 0.3) is 10.9 Å². The Hall–Kier alpha value is -1.93. The lowest BCUT2D eigenvalue weighted by Crippen LogP contribution is -2.37. The summed E-state index contributed by atoms with van der Waals surface area (Å²) in [7, 11) is 0. The number of rotatable bonds is 7. The molecule has 0 spiro atoms. The molecule has 2 aromatic heterocycles. The second kappa shape index (κ2) is 9.06. The summed E-state index contributed by atoms with van der Waals surface area (Å²) in [5.74, 6) is 1.02. The minimum absolute atomic E-state index is 0.0721. The third kappa shape index (κ3) is 4.86. The molecule has 4 rings (SSSR count). The molecule has 164 valence electrons. The number of hydrogen-bond acceptors (Lipinski definition) is 6. The van der Waals surface area contributed by atoms with Gasteiger partial charge >= 0.3 is 0 Å². The molecule has 0 aliphatic heterocycles. The van der Waals surface area contributed by atoms with Gasteiger partial charge in [-0.05, 0) is 37.5 Å². The van der Waals surface area contributed by atoms with E-state index in [9.17, 15) is 19.0 Å². The average molecular weight is 421 g/mol. The number of aliphatic hydroxyl groups is 2. The summed E-state index contributed by atoms with van der Waals surface area (Å²) >= 11 is 0. The first-order chi connectivity index (χ1) is 14.4. The maximum atomic E-state index is 12.7. The number of ether oxygens (including phenoxy) is 1. The van der Waals surface area contributed by atoms with Crippen molar-refractivity contribution in [3.8, 4) is 5.88 Å². The molecule has 30 heavy (non-hydrogen) atoms. The summed E-state index contributed by atoms with van der Waals surface area (Å²) in [6, 6.07) is 0. The fourth-order valence-corrected chi connectivity index (χ4v) is 4.42. The van der Waals surface area contributed by atoms with Crippen LogP contribution in [0.4, 0.5) is 8.78 Å². The van der Waals surface area contributed by atoms with E-state index in [0.29, 0.717) is 36.4 Å². The molecule has 1 atom stereocenters. The topological polar surface area (TPSA) is 88.4 Å². The Bertz CT molecular complexity index is 868. The molecule has 2 saturated carbocycles. The third-order valence-electron chi connectivity index (χ3n) is 6.26. The van der Waals surface area contributed by atoms with Crippen LogP contribution >= 0.6 is 0 Å². The number of nitrogens with zero attached hydrogens (tertiary/aromatic N) is 3. The number of halogens is 2. The molecule has 2 aromatic rings. The zero-order valence-electron chi connectivity index (χ0n) is 17.2. The first-order valence-electron chi connectivity index (χ1n) is 10.8. The molecule has 2 heterocycles. The van der Waals surface area contributed by atoms with Gasteiger partial charge in [0.05, 0.1) is 23.1 Å². The van der Waals surface area contributed by atoms with E-state index < -0.39 is 6.43 Å². The number of fused-ring (bicyclic) bond motifs is 1. The Morgan fingerprint density at radius 1 is 1.07 bits per heavy atom. The van der Waals surface area contributed by atoms with E-state index in [-0.39, 0.29) is 36.6 Å². The molecule has 2 fully saturated rings. The molecular weight excluding hydrogens is 392 g/mol. The summed E-state index contributed by atoms with van der Waals surface area (Å²) in [5.41, 5.74) is 1.76. The van der Waals surface area contributed by atoms with Gasteiger partial charge in [0, 0.05) is 43.6 Å². The summed E-state index contributed by atoms with van der Waals surface area (Å²) in [5, 5.41) is 20.1. The van der Waals surface area contributed by atoms with Crippen molar-refractivity contribution >= 4 is 10.9 Å². The largest absolute Gasteiger partial charge is 0.474 e. The summed E-state index contributed by atoms with van der Waals surface area (Å²) in [6.45, 7) is 1.78. The molecule has 0 aromatic carbocycles. The van der Waals surface area contributed by atoms with Crippen molar-refractivity contribution in [2.45, 2.75) is 88.9 Å². The minimum atomic E-state index is -2.34. The molecule has 0 radical (unpaired) electrons. The molecule has 0 saturated heterocycles. The molecule has 8 heteroatoms. The normalized spacial score (nSPS) is 27.8. The van der Waals surface area contributed by atoms with Crippen LogP contribution in [-0.4, -0.2) is 49.9 Å². The summed E-state index contributed by atoms with van der Waals surface area (Å²) in [6.07, 6.45) is 5.06. The van der Waals surface area contributed by atoms with Crippen molar-refractivity contribution in [2.75, 3.05) is 0 Å². The average Bonchev–Trinajstić information content (AvgIpc) is 2.67. The maximum absolute atomic E-state index is 12.7. The van der Waals surface area contributed by atoms with Gasteiger partial charge in [-0.15, -0.1) is 0 Å². The van der Waals surface area contributed by atoms with Gasteiger partial charge in [-0.3, -0.25) is 0 Å². The smallest absolute Gasteiger partial charge is 0.238 e. The van der Waals surface area contributed by atoms with Gasteiger partial charge in [-0.25, -0.2) is 23.7 Å². The standard InChI is InChI=1S/C22H29F2N3O3/c1-12(6-19(23)24)7-20-25-11-18-21(27-20)17(13-2-4-14(28)5-3-13)10-26-22(18)30-16-8-15(29)9-16/h10-16,19,28-29H,2-9H2,1H3/t12-,13?,14?,15?,16?/m0/s1. The van der Waals surface area contributed by atoms with Crippen LogP contribution in [0.15, 0.2) is 12.4 Å². The van der Waals surface area contributed by atoms with Gasteiger partial charge < -0.3 is 14.9 Å². The number of hydrogen-bond donors (Lipinski definition) is 2. The first-order valence-corrected chi connectivity index (χ1v) is 10.8. The monoisotopic (exact) mass is 421 g/mol. The van der Waals surface area contributed by atoms with Crippen molar-refractivity contribution in [3.63, 3.8) is 0 Å². The lowest BCUT2D eigenvalue weighted by atomic mass is 9.82. The highest BCUT2D eigenvalue weighted by molar-refractivity contribution is 5.85. The second-order valence-electron chi connectivity index (χ2n) is 8.87. The third-order valence-corrected chi connectivity index (χ3v) is 6.26. The van der Waals surface area contributed by atoms with Crippen LogP contribution in [0.3, 0.4) is 0 Å². The molecule has 0 unspecified atom stereocenters. The lowest BCUT2D eigenvalue weighted by molar-refractivity contribution is -0.0120. The Balaban J connectivity index is 1.65. The lowest BCUT2D eigenvalue weighted by Gasteiger charge is -2.31. The number of alkyl halides is 2. The highest BCUT2D eigenvalue weighted by Crippen LogP contribution is 2.38. The van der Waals surface area contributed by atoms with Crippen molar-refractivity contribution in [1.82, 2.24) is 15.0 Å². The predicted molar refractivity (Wildman–Crippen MR) is 108 cm³/mol. The van der Waals surface area contributed by atoms with E-state index in [1.807, 2.05) is 0 Å². The van der Waals surface area contributed by atoms with E-state index in [0.717, 1.165) is 36.8 Å². The van der Waals surface area contributed by atoms with Gasteiger partial charge in [0.15, 0.2) is 0 Å². The van der Waals surface area contributed by atoms with E-state index >= 15 is 0 Å². The highest BCUT2D eigenvalue weighted by Gasteiger charge is 2.31. The quantitative estimate of drug-likeness (QED) is 0.707. The number of pyridine rings is 1. The SMILES string of the molecule is C[C@H](Cc1ncc2c(OC3CC(O)C3)ncc(C3CCC(O)CC3)c2n1)CC(F)F. The second-order valence-corrected chi connectivity index (χ2v) is 8.87. The minimum Gasteiger partial charge on any atom is -0.474 e. The Labute approximate surface area is 174 Å². The van der Waals surface area contributed by atoms with Crippen LogP contribution in [0.1, 0.15) is 69.2 Å². The van der Waals surface area contributed by atoms with Crippen molar-refractivity contribution in [1.29, 1.82) is 0 Å². The van der Waals surface area contributed by atoms with Gasteiger partial charge in [-0.2, -0.15) is 0 Å². The van der Waals surface area contributed by atoms with Crippen LogP contribution < -0.4 is 4.74 Å². The van der Waals surface area contributed by atoms with Crippen LogP contribution in [0, 0.1) is 5.92 Å². The first kappa shape index (κ1) is 21.3. The number of aliphatic hydroxyl groups excluding tert-OH is 2. The summed E-state index contributed by atoms with van der Waals surface area (Å²) < 4.78 is 31.4. The fourth-order valence-electron chi connectivity index (χ4n) is 4.42. The Morgan fingerprint density at radius 2 is 1.80 bits per heavy atom. The summed E-state index contributed by atoms with van der Waals surface area (Å²) in [4.78, 5) is 13.7. The zero-order valence-corrected chi connectivity index (χ0v) is 17.2. The van der Waals surface area contributed by atoms with Crippen LogP contribution in [0.2, 0.25) is 0 Å². The van der Waals surface area contributed by atoms with E-state index in [2.05, 4.69) is 9.97 Å². The highest BCUT2D eigenvalue weighted by atomic mass is 19.3.